The van der Waals surface area contributed by atoms with E-state index in [0.29, 0.717) is 18.7 Å². The van der Waals surface area contributed by atoms with E-state index in [-0.39, 0.29) is 17.2 Å². The minimum absolute atomic E-state index is 0.113. The van der Waals surface area contributed by atoms with Crippen LogP contribution >= 0.6 is 0 Å². The van der Waals surface area contributed by atoms with E-state index in [4.69, 9.17) is 0 Å². The zero-order valence-corrected chi connectivity index (χ0v) is 15.3. The monoisotopic (exact) mass is 380 g/mol. The van der Waals surface area contributed by atoms with Gasteiger partial charge in [0, 0.05) is 13.1 Å². The van der Waals surface area contributed by atoms with Crippen molar-refractivity contribution in [2.75, 3.05) is 16.6 Å². The molecule has 0 unspecified atom stereocenters. The summed E-state index contributed by atoms with van der Waals surface area (Å²) in [5.41, 5.74) is 1.36. The lowest BCUT2D eigenvalue weighted by molar-refractivity contribution is 0.574. The Labute approximate surface area is 148 Å². The van der Waals surface area contributed by atoms with Crippen molar-refractivity contribution >= 4 is 25.7 Å². The van der Waals surface area contributed by atoms with Gasteiger partial charge in [-0.2, -0.15) is 0 Å². The maximum Gasteiger partial charge on any atom is 0.240 e. The van der Waals surface area contributed by atoms with Crippen molar-refractivity contribution in [1.82, 2.24) is 4.72 Å². The van der Waals surface area contributed by atoms with Crippen molar-refractivity contribution in [3.8, 4) is 0 Å². The van der Waals surface area contributed by atoms with Crippen LogP contribution in [0.4, 0.5) is 5.69 Å². The fourth-order valence-corrected chi connectivity index (χ4v) is 5.39. The van der Waals surface area contributed by atoms with Gasteiger partial charge in [0.05, 0.1) is 16.3 Å². The number of hydrogen-bond donors (Lipinski definition) is 1. The van der Waals surface area contributed by atoms with Crippen LogP contribution in [-0.4, -0.2) is 29.1 Å². The van der Waals surface area contributed by atoms with Gasteiger partial charge in [-0.25, -0.2) is 21.6 Å². The van der Waals surface area contributed by atoms with Crippen molar-refractivity contribution in [3.63, 3.8) is 0 Å². The molecule has 1 aliphatic rings. The van der Waals surface area contributed by atoms with Crippen LogP contribution in [0.3, 0.4) is 0 Å². The fraction of sp³-hybridized carbons (Fsp3) is 0.294. The molecule has 134 valence electrons. The summed E-state index contributed by atoms with van der Waals surface area (Å²) in [7, 11) is -6.96. The molecule has 0 atom stereocenters. The Morgan fingerprint density at radius 1 is 0.960 bits per heavy atom. The maximum absolute atomic E-state index is 12.4. The van der Waals surface area contributed by atoms with Crippen molar-refractivity contribution in [3.05, 3.63) is 60.2 Å². The number of benzene rings is 2. The third kappa shape index (κ3) is 4.20. The molecular weight excluding hydrogens is 360 g/mol. The first kappa shape index (κ1) is 17.9. The van der Waals surface area contributed by atoms with Crippen LogP contribution in [-0.2, 0) is 26.6 Å². The van der Waals surface area contributed by atoms with E-state index in [0.717, 1.165) is 12.0 Å². The van der Waals surface area contributed by atoms with Gasteiger partial charge in [0.15, 0.2) is 0 Å². The molecule has 0 amide bonds. The number of anilines is 1. The Hall–Kier alpha value is -1.90. The molecule has 6 nitrogen and oxygen atoms in total. The maximum atomic E-state index is 12.4. The second-order valence-electron chi connectivity index (χ2n) is 5.90. The Morgan fingerprint density at radius 2 is 1.64 bits per heavy atom. The van der Waals surface area contributed by atoms with Crippen molar-refractivity contribution in [2.45, 2.75) is 24.3 Å². The minimum atomic E-state index is -3.65. The highest BCUT2D eigenvalue weighted by molar-refractivity contribution is 7.92. The van der Waals surface area contributed by atoms with Crippen molar-refractivity contribution < 1.29 is 16.8 Å². The topological polar surface area (TPSA) is 83.6 Å². The molecule has 1 saturated heterocycles. The number of hydrogen-bond acceptors (Lipinski definition) is 4. The van der Waals surface area contributed by atoms with Crippen molar-refractivity contribution in [2.24, 2.45) is 0 Å². The van der Waals surface area contributed by atoms with Crippen molar-refractivity contribution in [1.29, 1.82) is 0 Å². The highest BCUT2D eigenvalue weighted by atomic mass is 32.2. The van der Waals surface area contributed by atoms with Gasteiger partial charge in [0.2, 0.25) is 20.0 Å². The van der Waals surface area contributed by atoms with Gasteiger partial charge >= 0.3 is 0 Å². The standard InChI is InChI=1S/C17H20N2O4S2/c20-24(21)13-5-4-12-19(24)16-8-10-17(11-9-16)25(22,23)18-14-15-6-2-1-3-7-15/h1-3,6-11,18H,4-5,12-14H2. The summed E-state index contributed by atoms with van der Waals surface area (Å²) in [4.78, 5) is 0.113. The molecular formula is C17H20N2O4S2. The van der Waals surface area contributed by atoms with Gasteiger partial charge in [-0.3, -0.25) is 4.31 Å². The average Bonchev–Trinajstić information content (AvgIpc) is 2.61. The molecule has 8 heteroatoms. The molecule has 0 saturated carbocycles. The second kappa shape index (κ2) is 7.15. The third-order valence-electron chi connectivity index (χ3n) is 4.09. The molecule has 0 spiro atoms. The largest absolute Gasteiger partial charge is 0.270 e. The smallest absolute Gasteiger partial charge is 0.240 e. The van der Waals surface area contributed by atoms with Crippen LogP contribution in [0.5, 0.6) is 0 Å². The van der Waals surface area contributed by atoms with Gasteiger partial charge in [-0.05, 0) is 42.7 Å². The van der Waals surface area contributed by atoms with Crippen LogP contribution in [0.15, 0.2) is 59.5 Å². The summed E-state index contributed by atoms with van der Waals surface area (Å²) in [6, 6.07) is 15.2. The highest BCUT2D eigenvalue weighted by Gasteiger charge is 2.26. The molecule has 0 aromatic heterocycles. The van der Waals surface area contributed by atoms with Gasteiger partial charge in [0.1, 0.15) is 0 Å². The summed E-state index contributed by atoms with van der Waals surface area (Å²) in [5, 5.41) is 0. The average molecular weight is 380 g/mol. The fourth-order valence-electron chi connectivity index (χ4n) is 2.73. The Kier molecular flexibility index (Phi) is 5.12. The molecule has 0 bridgehead atoms. The van der Waals surface area contributed by atoms with Crippen LogP contribution < -0.4 is 9.03 Å². The van der Waals surface area contributed by atoms with Gasteiger partial charge in [0.25, 0.3) is 0 Å². The lowest BCUT2D eigenvalue weighted by Gasteiger charge is -2.28. The number of sulfonamides is 2. The second-order valence-corrected chi connectivity index (χ2v) is 9.68. The first-order chi connectivity index (χ1) is 11.9. The molecule has 3 rings (SSSR count). The molecule has 25 heavy (non-hydrogen) atoms. The first-order valence-electron chi connectivity index (χ1n) is 8.03. The molecule has 1 N–H and O–H groups in total. The van der Waals surface area contributed by atoms with Crippen LogP contribution in [0.1, 0.15) is 18.4 Å². The van der Waals surface area contributed by atoms with E-state index < -0.39 is 20.0 Å². The third-order valence-corrected chi connectivity index (χ3v) is 7.38. The zero-order chi connectivity index (χ0) is 17.9. The predicted molar refractivity (Wildman–Crippen MR) is 97.3 cm³/mol. The SMILES string of the molecule is O=S(=O)(NCc1ccccc1)c1ccc(N2CCCCS2(=O)=O)cc1. The Morgan fingerprint density at radius 3 is 2.28 bits per heavy atom. The van der Waals surface area contributed by atoms with E-state index in [1.807, 2.05) is 30.3 Å². The number of nitrogens with one attached hydrogen (secondary N) is 1. The summed E-state index contributed by atoms with van der Waals surface area (Å²) < 4.78 is 52.9. The van der Waals surface area contributed by atoms with Gasteiger partial charge < -0.3 is 0 Å². The molecule has 2 aromatic carbocycles. The number of nitrogens with zero attached hydrogens (tertiary/aromatic N) is 1. The summed E-state index contributed by atoms with van der Waals surface area (Å²) in [6.45, 7) is 0.631. The molecule has 1 aliphatic heterocycles. The molecule has 2 aromatic rings. The molecule has 0 aliphatic carbocycles. The van der Waals surface area contributed by atoms with Gasteiger partial charge in [-0.15, -0.1) is 0 Å². The summed E-state index contributed by atoms with van der Waals surface area (Å²) in [6.07, 6.45) is 1.46. The quantitative estimate of drug-likeness (QED) is 0.861. The Balaban J connectivity index is 1.75. The molecule has 1 heterocycles. The lowest BCUT2D eigenvalue weighted by Crippen LogP contribution is -2.37. The number of rotatable bonds is 5. The lowest BCUT2D eigenvalue weighted by atomic mass is 10.2. The molecule has 1 fully saturated rings. The normalized spacial score (nSPS) is 17.4. The van der Waals surface area contributed by atoms with E-state index >= 15 is 0 Å². The minimum Gasteiger partial charge on any atom is -0.270 e. The van der Waals surface area contributed by atoms with E-state index in [1.165, 1.54) is 16.4 Å². The van der Waals surface area contributed by atoms with E-state index in [2.05, 4.69) is 4.72 Å². The Bertz CT molecular complexity index is 924. The summed E-state index contributed by atoms with van der Waals surface area (Å²) >= 11 is 0. The van der Waals surface area contributed by atoms with E-state index in [1.54, 1.807) is 12.1 Å². The zero-order valence-electron chi connectivity index (χ0n) is 13.6. The first-order valence-corrected chi connectivity index (χ1v) is 11.1. The van der Waals surface area contributed by atoms with Crippen LogP contribution in [0, 0.1) is 0 Å². The van der Waals surface area contributed by atoms with Gasteiger partial charge in [-0.1, -0.05) is 30.3 Å². The highest BCUT2D eigenvalue weighted by Crippen LogP contribution is 2.24. The molecule has 0 radical (unpaired) electrons. The predicted octanol–water partition coefficient (Wildman–Crippen LogP) is 2.10. The van der Waals surface area contributed by atoms with Crippen LogP contribution in [0.2, 0.25) is 0 Å². The van der Waals surface area contributed by atoms with Crippen LogP contribution in [0.25, 0.3) is 0 Å². The van der Waals surface area contributed by atoms with E-state index in [9.17, 15) is 16.8 Å². The summed E-state index contributed by atoms with van der Waals surface area (Å²) in [5.74, 6) is 0.131.